The molecular formula is C7H10O3. The molecule has 0 aromatic rings. The first-order valence-corrected chi connectivity index (χ1v) is 3.29. The van der Waals surface area contributed by atoms with Gasteiger partial charge in [0, 0.05) is 5.92 Å². The molecule has 1 rings (SSSR count). The third kappa shape index (κ3) is 1.36. The van der Waals surface area contributed by atoms with Crippen molar-refractivity contribution in [2.45, 2.75) is 18.9 Å². The van der Waals surface area contributed by atoms with Crippen LogP contribution >= 0.6 is 0 Å². The van der Waals surface area contributed by atoms with Crippen molar-refractivity contribution in [3.8, 4) is 0 Å². The maximum atomic E-state index is 10.2. The minimum atomic E-state index is -1.21. The fourth-order valence-electron chi connectivity index (χ4n) is 1.10. The number of carboxylic acid groups (broad SMARTS) is 1. The summed E-state index contributed by atoms with van der Waals surface area (Å²) in [6.45, 7) is 0. The molecule has 0 saturated heterocycles. The Balaban J connectivity index is 2.48. The Labute approximate surface area is 59.0 Å². The Bertz CT molecular complexity index is 162. The zero-order chi connectivity index (χ0) is 7.56. The molecule has 1 aliphatic rings. The van der Waals surface area contributed by atoms with E-state index in [0.717, 1.165) is 12.8 Å². The molecule has 0 amide bonds. The summed E-state index contributed by atoms with van der Waals surface area (Å²) < 4.78 is 0. The minimum absolute atomic E-state index is 0.169. The molecule has 0 fully saturated rings. The van der Waals surface area contributed by atoms with Gasteiger partial charge in [-0.2, -0.15) is 0 Å². The number of aliphatic hydroxyl groups is 1. The van der Waals surface area contributed by atoms with E-state index in [1.54, 1.807) is 6.08 Å². The minimum Gasteiger partial charge on any atom is -0.479 e. The molecule has 10 heavy (non-hydrogen) atoms. The van der Waals surface area contributed by atoms with Gasteiger partial charge in [0.05, 0.1) is 0 Å². The van der Waals surface area contributed by atoms with Crippen molar-refractivity contribution in [3.63, 3.8) is 0 Å². The van der Waals surface area contributed by atoms with Gasteiger partial charge in [0.25, 0.3) is 0 Å². The molecule has 0 bridgehead atoms. The Kier molecular flexibility index (Phi) is 2.06. The van der Waals surface area contributed by atoms with Crippen molar-refractivity contribution in [2.24, 2.45) is 5.92 Å². The standard InChI is InChI=1S/C7H10O3/c8-6(7(9)10)5-3-1-2-4-5/h1,3,5-6,8H,2,4H2,(H,9,10)/t5-,6-/m0/s1. The zero-order valence-corrected chi connectivity index (χ0v) is 5.53. The number of hydrogen-bond acceptors (Lipinski definition) is 2. The third-order valence-electron chi connectivity index (χ3n) is 1.71. The van der Waals surface area contributed by atoms with Gasteiger partial charge < -0.3 is 10.2 Å². The third-order valence-corrected chi connectivity index (χ3v) is 1.71. The van der Waals surface area contributed by atoms with Gasteiger partial charge in [-0.1, -0.05) is 12.2 Å². The monoisotopic (exact) mass is 142 g/mol. The second-order valence-electron chi connectivity index (χ2n) is 2.45. The van der Waals surface area contributed by atoms with Crippen LogP contribution in [-0.2, 0) is 4.79 Å². The van der Waals surface area contributed by atoms with Gasteiger partial charge in [-0.05, 0) is 12.8 Å². The lowest BCUT2D eigenvalue weighted by molar-refractivity contribution is -0.148. The van der Waals surface area contributed by atoms with Gasteiger partial charge in [0.15, 0.2) is 6.10 Å². The molecule has 0 spiro atoms. The normalized spacial score (nSPS) is 26.7. The first-order chi connectivity index (χ1) is 4.72. The smallest absolute Gasteiger partial charge is 0.333 e. The second kappa shape index (κ2) is 2.84. The first-order valence-electron chi connectivity index (χ1n) is 3.29. The van der Waals surface area contributed by atoms with Crippen molar-refractivity contribution < 1.29 is 15.0 Å². The lowest BCUT2D eigenvalue weighted by Crippen LogP contribution is -2.26. The number of rotatable bonds is 2. The predicted octanol–water partition coefficient (Wildman–Crippen LogP) is 0.398. The van der Waals surface area contributed by atoms with Gasteiger partial charge in [-0.25, -0.2) is 4.79 Å². The lowest BCUT2D eigenvalue weighted by Gasteiger charge is -2.10. The van der Waals surface area contributed by atoms with Gasteiger partial charge >= 0.3 is 5.97 Å². The molecular weight excluding hydrogens is 132 g/mol. The van der Waals surface area contributed by atoms with Crippen LogP contribution in [0, 0.1) is 5.92 Å². The first kappa shape index (κ1) is 7.28. The summed E-state index contributed by atoms with van der Waals surface area (Å²) in [6, 6.07) is 0. The topological polar surface area (TPSA) is 57.5 Å². The molecule has 0 saturated carbocycles. The summed E-state index contributed by atoms with van der Waals surface area (Å²) in [5, 5.41) is 17.3. The highest BCUT2D eigenvalue weighted by Crippen LogP contribution is 2.20. The maximum absolute atomic E-state index is 10.2. The number of hydrogen-bond donors (Lipinski definition) is 2. The Morgan fingerprint density at radius 3 is 2.80 bits per heavy atom. The van der Waals surface area contributed by atoms with E-state index in [0.29, 0.717) is 0 Å². The summed E-state index contributed by atoms with van der Waals surface area (Å²) in [4.78, 5) is 10.2. The zero-order valence-electron chi connectivity index (χ0n) is 5.53. The fourth-order valence-corrected chi connectivity index (χ4v) is 1.10. The number of aliphatic hydroxyl groups excluding tert-OH is 1. The van der Waals surface area contributed by atoms with Gasteiger partial charge in [-0.3, -0.25) is 0 Å². The molecule has 3 heteroatoms. The molecule has 2 N–H and O–H groups in total. The highest BCUT2D eigenvalue weighted by atomic mass is 16.4. The molecule has 0 heterocycles. The summed E-state index contributed by atoms with van der Waals surface area (Å²) >= 11 is 0. The highest BCUT2D eigenvalue weighted by Gasteiger charge is 2.24. The summed E-state index contributed by atoms with van der Waals surface area (Å²) in [5.41, 5.74) is 0. The average molecular weight is 142 g/mol. The predicted molar refractivity (Wildman–Crippen MR) is 35.5 cm³/mol. The van der Waals surface area contributed by atoms with E-state index in [2.05, 4.69) is 0 Å². The summed E-state index contributed by atoms with van der Waals surface area (Å²) in [7, 11) is 0. The van der Waals surface area contributed by atoms with Crippen molar-refractivity contribution in [1.82, 2.24) is 0 Å². The van der Waals surface area contributed by atoms with Crippen LogP contribution in [0.15, 0.2) is 12.2 Å². The Morgan fingerprint density at radius 2 is 2.40 bits per heavy atom. The lowest BCUT2D eigenvalue weighted by atomic mass is 10.0. The second-order valence-corrected chi connectivity index (χ2v) is 2.45. The van der Waals surface area contributed by atoms with E-state index < -0.39 is 12.1 Å². The number of carbonyl (C=O) groups is 1. The SMILES string of the molecule is O=C(O)[C@@H](O)[C@H]1C=CCC1. The molecule has 0 aliphatic heterocycles. The highest BCUT2D eigenvalue weighted by molar-refractivity contribution is 5.72. The van der Waals surface area contributed by atoms with Crippen molar-refractivity contribution in [3.05, 3.63) is 12.2 Å². The summed E-state index contributed by atoms with van der Waals surface area (Å²) in [5.74, 6) is -1.30. The number of aliphatic carboxylic acids is 1. The van der Waals surface area contributed by atoms with Crippen LogP contribution in [0.5, 0.6) is 0 Å². The molecule has 2 atom stereocenters. The van der Waals surface area contributed by atoms with Crippen LogP contribution in [0.4, 0.5) is 0 Å². The van der Waals surface area contributed by atoms with E-state index in [1.165, 1.54) is 0 Å². The number of carboxylic acids is 1. The molecule has 1 aliphatic carbocycles. The van der Waals surface area contributed by atoms with Crippen LogP contribution in [0.3, 0.4) is 0 Å². The van der Waals surface area contributed by atoms with Gasteiger partial charge in [0.1, 0.15) is 0 Å². The quantitative estimate of drug-likeness (QED) is 0.548. The molecule has 0 radical (unpaired) electrons. The fraction of sp³-hybridized carbons (Fsp3) is 0.571. The van der Waals surface area contributed by atoms with Gasteiger partial charge in [-0.15, -0.1) is 0 Å². The van der Waals surface area contributed by atoms with Crippen LogP contribution in [0.2, 0.25) is 0 Å². The van der Waals surface area contributed by atoms with Crippen LogP contribution in [-0.4, -0.2) is 22.3 Å². The largest absolute Gasteiger partial charge is 0.479 e. The summed E-state index contributed by atoms with van der Waals surface area (Å²) in [6.07, 6.45) is 4.09. The van der Waals surface area contributed by atoms with Gasteiger partial charge in [0.2, 0.25) is 0 Å². The van der Waals surface area contributed by atoms with E-state index in [9.17, 15) is 4.79 Å². The molecule has 3 nitrogen and oxygen atoms in total. The van der Waals surface area contributed by atoms with Crippen molar-refractivity contribution >= 4 is 5.97 Å². The molecule has 56 valence electrons. The molecule has 0 aromatic heterocycles. The van der Waals surface area contributed by atoms with E-state index in [1.807, 2.05) is 6.08 Å². The average Bonchev–Trinajstić information content (AvgIpc) is 2.36. The number of allylic oxidation sites excluding steroid dienone is 1. The van der Waals surface area contributed by atoms with Crippen LogP contribution in [0.1, 0.15) is 12.8 Å². The van der Waals surface area contributed by atoms with Crippen LogP contribution in [0.25, 0.3) is 0 Å². The van der Waals surface area contributed by atoms with E-state index >= 15 is 0 Å². The van der Waals surface area contributed by atoms with E-state index in [4.69, 9.17) is 10.2 Å². The van der Waals surface area contributed by atoms with E-state index in [-0.39, 0.29) is 5.92 Å². The van der Waals surface area contributed by atoms with Crippen molar-refractivity contribution in [2.75, 3.05) is 0 Å². The Hall–Kier alpha value is -0.830. The van der Waals surface area contributed by atoms with Crippen molar-refractivity contribution in [1.29, 1.82) is 0 Å². The van der Waals surface area contributed by atoms with Crippen LogP contribution < -0.4 is 0 Å². The molecule has 0 unspecified atom stereocenters. The maximum Gasteiger partial charge on any atom is 0.333 e. The Morgan fingerprint density at radius 1 is 1.70 bits per heavy atom. The molecule has 0 aromatic carbocycles.